The molecule has 0 bridgehead atoms. The fraction of sp³-hybridized carbons (Fsp3) is 0.304. The van der Waals surface area contributed by atoms with E-state index in [4.69, 9.17) is 9.47 Å². The van der Waals surface area contributed by atoms with Gasteiger partial charge < -0.3 is 9.47 Å². The average Bonchev–Trinajstić information content (AvgIpc) is 3.24. The first-order valence-corrected chi connectivity index (χ1v) is 11.0. The molecule has 9 heteroatoms. The zero-order valence-electron chi connectivity index (χ0n) is 18.6. The van der Waals surface area contributed by atoms with E-state index in [1.165, 1.54) is 11.3 Å². The summed E-state index contributed by atoms with van der Waals surface area (Å²) >= 11 is 1.29. The van der Waals surface area contributed by atoms with Crippen molar-refractivity contribution in [3.05, 3.63) is 78.2 Å². The van der Waals surface area contributed by atoms with Crippen LogP contribution in [0.1, 0.15) is 36.7 Å². The van der Waals surface area contributed by atoms with Gasteiger partial charge in [0.15, 0.2) is 4.80 Å². The molecule has 1 aliphatic rings. The van der Waals surface area contributed by atoms with Crippen LogP contribution in [0, 0.1) is 6.92 Å². The number of hydrogen-bond acceptors (Lipinski definition) is 7. The monoisotopic (exact) mass is 452 g/mol. The lowest BCUT2D eigenvalue weighted by Gasteiger charge is -2.24. The lowest BCUT2D eigenvalue weighted by Crippen LogP contribution is -2.39. The summed E-state index contributed by atoms with van der Waals surface area (Å²) in [6.07, 6.45) is 3.68. The Morgan fingerprint density at radius 3 is 2.56 bits per heavy atom. The van der Waals surface area contributed by atoms with E-state index in [2.05, 4.69) is 10.1 Å². The van der Waals surface area contributed by atoms with Gasteiger partial charge in [0.05, 0.1) is 41.3 Å². The Morgan fingerprint density at radius 2 is 1.97 bits per heavy atom. The maximum atomic E-state index is 13.5. The first-order chi connectivity index (χ1) is 15.3. The molecule has 2 aromatic heterocycles. The third kappa shape index (κ3) is 3.80. The van der Waals surface area contributed by atoms with Crippen LogP contribution in [0.4, 0.5) is 0 Å². The highest BCUT2D eigenvalue weighted by molar-refractivity contribution is 7.07. The Bertz CT molecular complexity index is 1390. The molecule has 0 saturated heterocycles. The van der Waals surface area contributed by atoms with Crippen LogP contribution in [0.5, 0.6) is 5.75 Å². The molecule has 0 amide bonds. The summed E-state index contributed by atoms with van der Waals surface area (Å²) in [4.78, 5) is 31.5. The first kappa shape index (κ1) is 21.8. The van der Waals surface area contributed by atoms with Gasteiger partial charge in [-0.05, 0) is 44.5 Å². The molecule has 0 radical (unpaired) electrons. The Hall–Kier alpha value is -3.46. The Morgan fingerprint density at radius 1 is 1.25 bits per heavy atom. The molecule has 0 N–H and O–H groups in total. The van der Waals surface area contributed by atoms with E-state index < -0.39 is 12.0 Å². The number of methoxy groups -OCH3 is 1. The van der Waals surface area contributed by atoms with Gasteiger partial charge in [-0.3, -0.25) is 14.0 Å². The number of aromatic nitrogens is 3. The van der Waals surface area contributed by atoms with Crippen molar-refractivity contribution >= 4 is 23.4 Å². The van der Waals surface area contributed by atoms with Crippen molar-refractivity contribution in [1.29, 1.82) is 0 Å². The van der Waals surface area contributed by atoms with E-state index in [0.29, 0.717) is 26.4 Å². The maximum absolute atomic E-state index is 13.5. The van der Waals surface area contributed by atoms with Crippen LogP contribution < -0.4 is 19.6 Å². The van der Waals surface area contributed by atoms with Crippen molar-refractivity contribution in [1.82, 2.24) is 14.3 Å². The van der Waals surface area contributed by atoms with Gasteiger partial charge in [-0.1, -0.05) is 23.5 Å². The molecule has 32 heavy (non-hydrogen) atoms. The van der Waals surface area contributed by atoms with E-state index in [-0.39, 0.29) is 12.2 Å². The standard InChI is InChI=1S/C23H24N4O4S/c1-6-31-22(29)19-14(3)24-23-27(20(19)15-7-9-17(30-5)10-8-15)21(28)18(32-23)11-16-12-26(4)25-13(16)2/h7-12,20H,6H2,1-5H3/b18-11-/t20-/m0/s1. The summed E-state index contributed by atoms with van der Waals surface area (Å²) in [5, 5.41) is 4.34. The molecule has 1 atom stereocenters. The zero-order chi connectivity index (χ0) is 23.0. The first-order valence-electron chi connectivity index (χ1n) is 10.2. The smallest absolute Gasteiger partial charge is 0.338 e. The summed E-state index contributed by atoms with van der Waals surface area (Å²) < 4.78 is 14.4. The number of rotatable bonds is 5. The minimum Gasteiger partial charge on any atom is -0.497 e. The van der Waals surface area contributed by atoms with Gasteiger partial charge in [0.25, 0.3) is 5.56 Å². The summed E-state index contributed by atoms with van der Waals surface area (Å²) in [6.45, 7) is 5.65. The van der Waals surface area contributed by atoms with Crippen LogP contribution in [-0.4, -0.2) is 34.0 Å². The second kappa shape index (κ2) is 8.58. The van der Waals surface area contributed by atoms with Crippen molar-refractivity contribution < 1.29 is 14.3 Å². The van der Waals surface area contributed by atoms with Crippen LogP contribution >= 0.6 is 11.3 Å². The number of benzene rings is 1. The molecule has 8 nitrogen and oxygen atoms in total. The van der Waals surface area contributed by atoms with Gasteiger partial charge in [-0.15, -0.1) is 0 Å². The number of carbonyl (C=O) groups is 1. The summed E-state index contributed by atoms with van der Waals surface area (Å²) in [7, 11) is 3.43. The van der Waals surface area contributed by atoms with Crippen LogP contribution in [0.15, 0.2) is 51.5 Å². The fourth-order valence-electron chi connectivity index (χ4n) is 3.79. The van der Waals surface area contributed by atoms with Crippen molar-refractivity contribution in [2.45, 2.75) is 26.8 Å². The molecule has 4 rings (SSSR count). The van der Waals surface area contributed by atoms with E-state index in [9.17, 15) is 9.59 Å². The van der Waals surface area contributed by atoms with E-state index >= 15 is 0 Å². The van der Waals surface area contributed by atoms with Crippen LogP contribution in [0.3, 0.4) is 0 Å². The molecule has 3 aromatic rings. The summed E-state index contributed by atoms with van der Waals surface area (Å²) in [6, 6.07) is 6.67. The predicted octanol–water partition coefficient (Wildman–Crippen LogP) is 1.85. The van der Waals surface area contributed by atoms with Crippen molar-refractivity contribution in [2.24, 2.45) is 12.0 Å². The molecule has 0 saturated carbocycles. The normalized spacial score (nSPS) is 16.0. The third-order valence-corrected chi connectivity index (χ3v) is 6.27. The number of ether oxygens (including phenoxy) is 2. The molecular weight excluding hydrogens is 428 g/mol. The minimum atomic E-state index is -0.645. The Kier molecular flexibility index (Phi) is 5.84. The van der Waals surface area contributed by atoms with Gasteiger partial charge in [0.1, 0.15) is 5.75 Å². The van der Waals surface area contributed by atoms with Crippen molar-refractivity contribution in [3.63, 3.8) is 0 Å². The summed E-state index contributed by atoms with van der Waals surface area (Å²) in [5.41, 5.74) is 3.14. The molecule has 0 unspecified atom stereocenters. The average molecular weight is 453 g/mol. The highest BCUT2D eigenvalue weighted by atomic mass is 32.1. The Labute approximate surface area is 188 Å². The fourth-order valence-corrected chi connectivity index (χ4v) is 4.83. The second-order valence-electron chi connectivity index (χ2n) is 7.42. The van der Waals surface area contributed by atoms with E-state index in [1.807, 2.05) is 50.5 Å². The largest absolute Gasteiger partial charge is 0.497 e. The van der Waals surface area contributed by atoms with E-state index in [1.54, 1.807) is 30.2 Å². The Balaban J connectivity index is 1.95. The predicted molar refractivity (Wildman–Crippen MR) is 121 cm³/mol. The molecule has 1 aliphatic heterocycles. The number of aryl methyl sites for hydroxylation is 2. The topological polar surface area (TPSA) is 87.7 Å². The van der Waals surface area contributed by atoms with Crippen LogP contribution in [0.25, 0.3) is 6.08 Å². The van der Waals surface area contributed by atoms with Crippen LogP contribution in [0.2, 0.25) is 0 Å². The number of carbonyl (C=O) groups excluding carboxylic acids is 1. The molecule has 0 aliphatic carbocycles. The quantitative estimate of drug-likeness (QED) is 0.552. The minimum absolute atomic E-state index is 0.216. The van der Waals surface area contributed by atoms with Gasteiger partial charge in [0, 0.05) is 18.8 Å². The number of fused-ring (bicyclic) bond motifs is 1. The maximum Gasteiger partial charge on any atom is 0.338 e. The van der Waals surface area contributed by atoms with Crippen molar-refractivity contribution in [2.75, 3.05) is 13.7 Å². The highest BCUT2D eigenvalue weighted by Gasteiger charge is 2.33. The van der Waals surface area contributed by atoms with Gasteiger partial charge in [0.2, 0.25) is 0 Å². The molecule has 0 spiro atoms. The molecular formula is C23H24N4O4S. The number of allylic oxidation sites excluding steroid dienone is 1. The van der Waals surface area contributed by atoms with Gasteiger partial charge in [-0.2, -0.15) is 5.10 Å². The van der Waals surface area contributed by atoms with Gasteiger partial charge >= 0.3 is 5.97 Å². The molecule has 0 fully saturated rings. The second-order valence-corrected chi connectivity index (χ2v) is 8.43. The highest BCUT2D eigenvalue weighted by Crippen LogP contribution is 2.31. The zero-order valence-corrected chi connectivity index (χ0v) is 19.4. The van der Waals surface area contributed by atoms with Crippen LogP contribution in [-0.2, 0) is 16.6 Å². The molecule has 3 heterocycles. The number of thiazole rings is 1. The summed E-state index contributed by atoms with van der Waals surface area (Å²) in [5.74, 6) is 0.207. The third-order valence-electron chi connectivity index (χ3n) is 5.29. The SMILES string of the molecule is CCOC(=O)C1=C(C)N=c2s/c(=C\c3cn(C)nc3C)c(=O)n2[C@H]1c1ccc(OC)cc1. The lowest BCUT2D eigenvalue weighted by atomic mass is 9.96. The molecule has 166 valence electrons. The molecule has 1 aromatic carbocycles. The number of nitrogens with zero attached hydrogens (tertiary/aromatic N) is 4. The van der Waals surface area contributed by atoms with Gasteiger partial charge in [-0.25, -0.2) is 9.79 Å². The van der Waals surface area contributed by atoms with E-state index in [0.717, 1.165) is 16.8 Å². The lowest BCUT2D eigenvalue weighted by molar-refractivity contribution is -0.139. The number of esters is 1. The number of hydrogen-bond donors (Lipinski definition) is 0. The van der Waals surface area contributed by atoms with Crippen molar-refractivity contribution in [3.8, 4) is 5.75 Å².